The van der Waals surface area contributed by atoms with Crippen LogP contribution >= 0.6 is 11.3 Å². The summed E-state index contributed by atoms with van der Waals surface area (Å²) in [6.07, 6.45) is 2.40. The molecule has 21 heavy (non-hydrogen) atoms. The first-order valence-electron chi connectivity index (χ1n) is 7.42. The van der Waals surface area contributed by atoms with Gasteiger partial charge >= 0.3 is 0 Å². The number of hydrogen-bond acceptors (Lipinski definition) is 7. The second-order valence-corrected chi connectivity index (χ2v) is 6.71. The highest BCUT2D eigenvalue weighted by atomic mass is 32.1. The van der Waals surface area contributed by atoms with E-state index in [-0.39, 0.29) is 0 Å². The number of fused-ring (bicyclic) bond motifs is 1. The Hall–Kier alpha value is -1.47. The first kappa shape index (κ1) is 13.2. The van der Waals surface area contributed by atoms with Gasteiger partial charge in [-0.15, -0.1) is 10.2 Å². The van der Waals surface area contributed by atoms with Crippen LogP contribution in [-0.4, -0.2) is 45.4 Å². The molecule has 2 aliphatic rings. The summed E-state index contributed by atoms with van der Waals surface area (Å²) in [4.78, 5) is 5.02. The second kappa shape index (κ2) is 5.06. The molecule has 0 saturated carbocycles. The maximum atomic E-state index is 5.29. The lowest BCUT2D eigenvalue weighted by molar-refractivity contribution is 0.244. The molecular formula is C14H19N5OS. The van der Waals surface area contributed by atoms with Crippen molar-refractivity contribution in [3.63, 3.8) is 0 Å². The monoisotopic (exact) mass is 305 g/mol. The lowest BCUT2D eigenvalue weighted by Crippen LogP contribution is -2.36. The zero-order valence-corrected chi connectivity index (χ0v) is 13.1. The summed E-state index contributed by atoms with van der Waals surface area (Å²) in [7, 11) is 0. The predicted octanol–water partition coefficient (Wildman–Crippen LogP) is 2.00. The highest BCUT2D eigenvalue weighted by molar-refractivity contribution is 7.13. The standard InChI is InChI=1S/C14H19N5OS/c1-9-11(10(2)20-17-9)7-18-5-3-13-12(18)4-6-19(13)14-16-15-8-21-14/h8,12-13H,3-7H2,1-2H3/t12-,13+/m0/s1. The second-order valence-electron chi connectivity index (χ2n) is 5.90. The van der Waals surface area contributed by atoms with Crippen LogP contribution in [0.3, 0.4) is 0 Å². The van der Waals surface area contributed by atoms with Gasteiger partial charge < -0.3 is 9.42 Å². The molecule has 0 radical (unpaired) electrons. The van der Waals surface area contributed by atoms with E-state index >= 15 is 0 Å². The Morgan fingerprint density at radius 3 is 2.86 bits per heavy atom. The largest absolute Gasteiger partial charge is 0.361 e. The van der Waals surface area contributed by atoms with Crippen LogP contribution in [0.2, 0.25) is 0 Å². The van der Waals surface area contributed by atoms with Gasteiger partial charge in [-0.3, -0.25) is 4.90 Å². The Morgan fingerprint density at radius 1 is 1.29 bits per heavy atom. The van der Waals surface area contributed by atoms with Gasteiger partial charge in [0.1, 0.15) is 11.3 Å². The van der Waals surface area contributed by atoms with E-state index < -0.39 is 0 Å². The molecule has 2 aromatic rings. The maximum Gasteiger partial charge on any atom is 0.208 e. The number of nitrogens with zero attached hydrogens (tertiary/aromatic N) is 5. The lowest BCUT2D eigenvalue weighted by Gasteiger charge is -2.25. The molecule has 0 aliphatic carbocycles. The number of likely N-dealkylation sites (tertiary alicyclic amines) is 1. The van der Waals surface area contributed by atoms with E-state index in [4.69, 9.17) is 4.52 Å². The van der Waals surface area contributed by atoms with Crippen LogP contribution in [0.25, 0.3) is 0 Å². The molecule has 0 bridgehead atoms. The molecule has 0 N–H and O–H groups in total. The fourth-order valence-electron chi connectivity index (χ4n) is 3.73. The van der Waals surface area contributed by atoms with Crippen molar-refractivity contribution in [1.29, 1.82) is 0 Å². The molecule has 7 heteroatoms. The topological polar surface area (TPSA) is 58.3 Å². The van der Waals surface area contributed by atoms with Gasteiger partial charge in [0.2, 0.25) is 5.13 Å². The van der Waals surface area contributed by atoms with Crippen LogP contribution in [-0.2, 0) is 6.54 Å². The van der Waals surface area contributed by atoms with E-state index in [2.05, 4.69) is 25.2 Å². The van der Waals surface area contributed by atoms with Crippen LogP contribution in [0.5, 0.6) is 0 Å². The van der Waals surface area contributed by atoms with Crippen molar-refractivity contribution in [2.75, 3.05) is 18.0 Å². The first-order chi connectivity index (χ1) is 10.2. The molecule has 0 amide bonds. The lowest BCUT2D eigenvalue weighted by atomic mass is 10.1. The highest BCUT2D eigenvalue weighted by Gasteiger charge is 2.43. The Bertz CT molecular complexity index is 606. The first-order valence-corrected chi connectivity index (χ1v) is 8.30. The molecule has 6 nitrogen and oxygen atoms in total. The molecule has 2 aliphatic heterocycles. The van der Waals surface area contributed by atoms with Crippen molar-refractivity contribution in [2.45, 2.75) is 45.3 Å². The third-order valence-corrected chi connectivity index (χ3v) is 5.55. The van der Waals surface area contributed by atoms with Crippen LogP contribution in [0.4, 0.5) is 5.13 Å². The Balaban J connectivity index is 1.51. The molecule has 0 spiro atoms. The van der Waals surface area contributed by atoms with Crippen LogP contribution < -0.4 is 4.90 Å². The zero-order valence-electron chi connectivity index (χ0n) is 12.3. The van der Waals surface area contributed by atoms with Crippen molar-refractivity contribution in [1.82, 2.24) is 20.3 Å². The smallest absolute Gasteiger partial charge is 0.208 e. The van der Waals surface area contributed by atoms with Crippen LogP contribution in [0, 0.1) is 13.8 Å². The van der Waals surface area contributed by atoms with Crippen molar-refractivity contribution in [3.8, 4) is 0 Å². The third-order valence-electron chi connectivity index (χ3n) is 4.83. The normalized spacial score (nSPS) is 25.7. The number of aryl methyl sites for hydroxylation is 2. The Morgan fingerprint density at radius 2 is 2.14 bits per heavy atom. The minimum Gasteiger partial charge on any atom is -0.361 e. The number of hydrogen-bond donors (Lipinski definition) is 0. The average molecular weight is 305 g/mol. The van der Waals surface area contributed by atoms with E-state index in [1.165, 1.54) is 18.4 Å². The van der Waals surface area contributed by atoms with Crippen LogP contribution in [0.15, 0.2) is 10.0 Å². The number of rotatable bonds is 3. The van der Waals surface area contributed by atoms with Crippen molar-refractivity contribution in [2.24, 2.45) is 0 Å². The molecule has 2 atom stereocenters. The van der Waals surface area contributed by atoms with Gasteiger partial charge in [0.15, 0.2) is 0 Å². The minimum absolute atomic E-state index is 0.582. The third kappa shape index (κ3) is 2.15. The van der Waals surface area contributed by atoms with E-state index in [1.54, 1.807) is 11.3 Å². The molecule has 112 valence electrons. The molecule has 0 aromatic carbocycles. The van der Waals surface area contributed by atoms with Gasteiger partial charge in [0.25, 0.3) is 0 Å². The fraction of sp³-hybridized carbons (Fsp3) is 0.643. The fourth-order valence-corrected chi connectivity index (χ4v) is 4.38. The summed E-state index contributed by atoms with van der Waals surface area (Å²) in [5.74, 6) is 0.954. The van der Waals surface area contributed by atoms with Gasteiger partial charge in [0.05, 0.1) is 5.69 Å². The van der Waals surface area contributed by atoms with Gasteiger partial charge in [0, 0.05) is 37.3 Å². The molecule has 2 fully saturated rings. The van der Waals surface area contributed by atoms with Gasteiger partial charge in [-0.1, -0.05) is 16.5 Å². The summed E-state index contributed by atoms with van der Waals surface area (Å²) in [5, 5.41) is 13.4. The van der Waals surface area contributed by atoms with Crippen molar-refractivity contribution >= 4 is 16.5 Å². The summed E-state index contributed by atoms with van der Waals surface area (Å²) < 4.78 is 5.29. The average Bonchev–Trinajstić information content (AvgIpc) is 3.20. The van der Waals surface area contributed by atoms with Crippen molar-refractivity contribution < 1.29 is 4.52 Å². The highest BCUT2D eigenvalue weighted by Crippen LogP contribution is 2.36. The van der Waals surface area contributed by atoms with Gasteiger partial charge in [-0.05, 0) is 26.7 Å². The number of anilines is 1. The molecule has 2 aromatic heterocycles. The molecular weight excluding hydrogens is 286 g/mol. The van der Waals surface area contributed by atoms with E-state index in [0.29, 0.717) is 12.1 Å². The quantitative estimate of drug-likeness (QED) is 0.864. The molecule has 4 heterocycles. The van der Waals surface area contributed by atoms with Gasteiger partial charge in [-0.2, -0.15) is 0 Å². The maximum absolute atomic E-state index is 5.29. The Labute approximate surface area is 127 Å². The summed E-state index contributed by atoms with van der Waals surface area (Å²) in [6.45, 7) is 7.20. The van der Waals surface area contributed by atoms with Gasteiger partial charge in [-0.25, -0.2) is 0 Å². The zero-order chi connectivity index (χ0) is 14.4. The molecule has 2 saturated heterocycles. The number of aromatic nitrogens is 3. The molecule has 4 rings (SSSR count). The summed E-state index contributed by atoms with van der Waals surface area (Å²) in [6, 6.07) is 1.20. The van der Waals surface area contributed by atoms with E-state index in [1.807, 2.05) is 19.4 Å². The van der Waals surface area contributed by atoms with Crippen molar-refractivity contribution in [3.05, 3.63) is 22.5 Å². The summed E-state index contributed by atoms with van der Waals surface area (Å²) in [5.41, 5.74) is 4.10. The predicted molar refractivity (Wildman–Crippen MR) is 80.5 cm³/mol. The minimum atomic E-state index is 0.582. The Kier molecular flexibility index (Phi) is 3.19. The SMILES string of the molecule is Cc1noc(C)c1CN1CC[C@@H]2[C@@H]1CCN2c1nncs1. The van der Waals surface area contributed by atoms with Crippen LogP contribution in [0.1, 0.15) is 29.9 Å². The molecule has 0 unspecified atom stereocenters. The summed E-state index contributed by atoms with van der Waals surface area (Å²) >= 11 is 1.64. The van der Waals surface area contributed by atoms with E-state index in [0.717, 1.165) is 36.2 Å². The van der Waals surface area contributed by atoms with E-state index in [9.17, 15) is 0 Å².